The van der Waals surface area contributed by atoms with Gasteiger partial charge in [-0.3, -0.25) is 0 Å². The Morgan fingerprint density at radius 3 is 1.66 bits per heavy atom. The van der Waals surface area contributed by atoms with Crippen LogP contribution in [-0.4, -0.2) is 26.5 Å². The Morgan fingerprint density at radius 1 is 0.458 bits per heavy atom. The zero-order valence-corrected chi connectivity index (χ0v) is 32.8. The maximum atomic E-state index is 5.20. The molecule has 59 heavy (non-hydrogen) atoms. The van der Waals surface area contributed by atoms with E-state index in [-0.39, 0.29) is 5.41 Å². The standard InChI is InChI=1S/C54H38N5/c1-54(2)47-32-38(37-19-25-49-39(31-37)20-26-50(56-49)46-24-23-41(34-27-29-55-30-28-34)42-15-9-10-16-43(42)46)17-21-44(47)45-22-18-40(33-48(45)54)53-58-51(35-11-5-3-6-12-35)57-52(59-53)36-13-7-4-8-14-36/h3-29,31-33H,30H2,1-2H3/q-1. The summed E-state index contributed by atoms with van der Waals surface area (Å²) in [5, 5.41) is 7.87. The lowest BCUT2D eigenvalue weighted by Crippen LogP contribution is -2.15. The summed E-state index contributed by atoms with van der Waals surface area (Å²) in [6.45, 7) is 5.36. The molecular weight excluding hydrogens is 719 g/mol. The van der Waals surface area contributed by atoms with Gasteiger partial charge in [-0.1, -0.05) is 159 Å². The number of rotatable bonds is 6. The first-order valence-electron chi connectivity index (χ1n) is 20.1. The maximum Gasteiger partial charge on any atom is 0.164 e. The fourth-order valence-corrected chi connectivity index (χ4v) is 8.84. The monoisotopic (exact) mass is 756 g/mol. The summed E-state index contributed by atoms with van der Waals surface area (Å²) in [4.78, 5) is 20.2. The molecular formula is C54H38N5-. The van der Waals surface area contributed by atoms with Crippen LogP contribution in [0.4, 0.5) is 0 Å². The summed E-state index contributed by atoms with van der Waals surface area (Å²) in [7, 11) is 0. The molecule has 0 N–H and O–H groups in total. The fraction of sp³-hybridized carbons (Fsp3) is 0.0741. The Hall–Kier alpha value is -7.50. The van der Waals surface area contributed by atoms with Crippen LogP contribution in [0, 0.1) is 0 Å². The predicted molar refractivity (Wildman–Crippen MR) is 243 cm³/mol. The molecule has 0 bridgehead atoms. The van der Waals surface area contributed by atoms with Crippen molar-refractivity contribution in [2.75, 3.05) is 6.54 Å². The number of pyridine rings is 1. The third kappa shape index (κ3) is 6.02. The smallest absolute Gasteiger partial charge is 0.164 e. The fourth-order valence-electron chi connectivity index (χ4n) is 8.84. The van der Waals surface area contributed by atoms with Crippen LogP contribution in [0.15, 0.2) is 182 Å². The summed E-state index contributed by atoms with van der Waals surface area (Å²) < 4.78 is 0. The number of benzene rings is 7. The molecule has 1 aliphatic heterocycles. The van der Waals surface area contributed by atoms with Gasteiger partial charge in [0.1, 0.15) is 0 Å². The summed E-state index contributed by atoms with van der Waals surface area (Å²) in [5.41, 5.74) is 15.6. The minimum Gasteiger partial charge on any atom is -0.687 e. The van der Waals surface area contributed by atoms with E-state index in [1.54, 1.807) is 0 Å². The third-order valence-electron chi connectivity index (χ3n) is 11.9. The number of fused-ring (bicyclic) bond motifs is 5. The third-order valence-corrected chi connectivity index (χ3v) is 11.9. The molecule has 280 valence electrons. The molecule has 3 heterocycles. The Balaban J connectivity index is 0.924. The highest BCUT2D eigenvalue weighted by atomic mass is 15.0. The lowest BCUT2D eigenvalue weighted by atomic mass is 9.81. The Bertz CT molecular complexity index is 3120. The first-order valence-corrected chi connectivity index (χ1v) is 20.1. The van der Waals surface area contributed by atoms with E-state index >= 15 is 0 Å². The van der Waals surface area contributed by atoms with Crippen molar-refractivity contribution < 1.29 is 0 Å². The number of aromatic nitrogens is 4. The molecule has 5 nitrogen and oxygen atoms in total. The van der Waals surface area contributed by atoms with Crippen LogP contribution in [0.25, 0.3) is 100 Å². The Kier molecular flexibility index (Phi) is 8.16. The van der Waals surface area contributed by atoms with E-state index in [0.29, 0.717) is 24.0 Å². The quantitative estimate of drug-likeness (QED) is 0.169. The van der Waals surface area contributed by atoms with E-state index in [0.717, 1.165) is 38.9 Å². The van der Waals surface area contributed by atoms with Gasteiger partial charge in [0.05, 0.1) is 11.2 Å². The largest absolute Gasteiger partial charge is 0.687 e. The van der Waals surface area contributed by atoms with Crippen molar-refractivity contribution >= 4 is 27.2 Å². The SMILES string of the molecule is CC1(C)c2cc(-c3ccc4nc(-c5ccc(C6=CC[N-]C=C6)c6ccccc56)ccc4c3)ccc2-c2ccc(-c3nc(-c4ccccc4)nc(-c4ccccc4)n3)cc21. The Labute approximate surface area is 343 Å². The van der Waals surface area contributed by atoms with Gasteiger partial charge >= 0.3 is 0 Å². The maximum absolute atomic E-state index is 5.20. The van der Waals surface area contributed by atoms with E-state index in [2.05, 4.69) is 134 Å². The van der Waals surface area contributed by atoms with Gasteiger partial charge in [-0.25, -0.2) is 19.9 Å². The molecule has 7 aromatic carbocycles. The van der Waals surface area contributed by atoms with Crippen molar-refractivity contribution in [3.8, 4) is 67.7 Å². The molecule has 0 fully saturated rings. The van der Waals surface area contributed by atoms with Crippen molar-refractivity contribution in [3.63, 3.8) is 0 Å². The lowest BCUT2D eigenvalue weighted by molar-refractivity contribution is 0.661. The first-order chi connectivity index (χ1) is 29.0. The summed E-state index contributed by atoms with van der Waals surface area (Å²) in [6.07, 6.45) is 6.18. The molecule has 0 unspecified atom stereocenters. The molecule has 2 aliphatic rings. The number of nitrogens with zero attached hydrogens (tertiary/aromatic N) is 5. The number of allylic oxidation sites excluding steroid dienone is 2. The van der Waals surface area contributed by atoms with Gasteiger partial charge in [0.15, 0.2) is 17.5 Å². The molecule has 2 aromatic heterocycles. The average Bonchev–Trinajstić information content (AvgIpc) is 3.53. The van der Waals surface area contributed by atoms with Gasteiger partial charge in [0.2, 0.25) is 0 Å². The van der Waals surface area contributed by atoms with Crippen LogP contribution in [-0.2, 0) is 5.41 Å². The predicted octanol–water partition coefficient (Wildman–Crippen LogP) is 13.5. The molecule has 0 saturated heterocycles. The van der Waals surface area contributed by atoms with Crippen LogP contribution in [0.1, 0.15) is 30.5 Å². The lowest BCUT2D eigenvalue weighted by Gasteiger charge is -2.22. The van der Waals surface area contributed by atoms with E-state index in [1.165, 1.54) is 55.3 Å². The van der Waals surface area contributed by atoms with E-state index < -0.39 is 0 Å². The summed E-state index contributed by atoms with van der Waals surface area (Å²) in [6, 6.07) is 57.9. The van der Waals surface area contributed by atoms with E-state index in [1.807, 2.05) is 66.9 Å². The second kappa shape index (κ2) is 13.9. The van der Waals surface area contributed by atoms with Crippen LogP contribution in [0.3, 0.4) is 0 Å². The van der Waals surface area contributed by atoms with E-state index in [9.17, 15) is 0 Å². The first kappa shape index (κ1) is 34.7. The van der Waals surface area contributed by atoms with Crippen molar-refractivity contribution in [3.05, 3.63) is 204 Å². The second-order valence-electron chi connectivity index (χ2n) is 15.8. The molecule has 0 atom stereocenters. The second-order valence-corrected chi connectivity index (χ2v) is 15.8. The van der Waals surface area contributed by atoms with Gasteiger partial charge < -0.3 is 5.32 Å². The Morgan fingerprint density at radius 2 is 1.00 bits per heavy atom. The number of hydrogen-bond donors (Lipinski definition) is 0. The zero-order valence-electron chi connectivity index (χ0n) is 32.8. The van der Waals surface area contributed by atoms with Crippen LogP contribution in [0.2, 0.25) is 0 Å². The van der Waals surface area contributed by atoms with Crippen molar-refractivity contribution in [1.29, 1.82) is 0 Å². The van der Waals surface area contributed by atoms with Crippen molar-refractivity contribution in [2.24, 2.45) is 0 Å². The average molecular weight is 757 g/mol. The molecule has 11 rings (SSSR count). The van der Waals surface area contributed by atoms with Crippen molar-refractivity contribution in [1.82, 2.24) is 19.9 Å². The zero-order chi connectivity index (χ0) is 39.5. The summed E-state index contributed by atoms with van der Waals surface area (Å²) in [5.74, 6) is 1.99. The van der Waals surface area contributed by atoms with Crippen LogP contribution < -0.4 is 0 Å². The van der Waals surface area contributed by atoms with Gasteiger partial charge in [-0.05, 0) is 85.6 Å². The highest BCUT2D eigenvalue weighted by molar-refractivity contribution is 6.04. The summed E-state index contributed by atoms with van der Waals surface area (Å²) >= 11 is 0. The highest BCUT2D eigenvalue weighted by Gasteiger charge is 2.36. The molecule has 0 spiro atoms. The van der Waals surface area contributed by atoms with Gasteiger partial charge in [0.25, 0.3) is 0 Å². The van der Waals surface area contributed by atoms with Crippen LogP contribution >= 0.6 is 0 Å². The molecule has 0 saturated carbocycles. The van der Waals surface area contributed by atoms with E-state index in [4.69, 9.17) is 19.9 Å². The highest BCUT2D eigenvalue weighted by Crippen LogP contribution is 2.50. The molecule has 1 aliphatic carbocycles. The van der Waals surface area contributed by atoms with Gasteiger partial charge in [-0.15, -0.1) is 6.54 Å². The van der Waals surface area contributed by atoms with Crippen molar-refractivity contribution in [2.45, 2.75) is 19.3 Å². The van der Waals surface area contributed by atoms with Gasteiger partial charge in [-0.2, -0.15) is 6.20 Å². The normalized spacial score (nSPS) is 13.8. The minimum atomic E-state index is -0.237. The molecule has 0 amide bonds. The topological polar surface area (TPSA) is 65.7 Å². The molecule has 0 radical (unpaired) electrons. The number of hydrogen-bond acceptors (Lipinski definition) is 4. The molecule has 9 aromatic rings. The van der Waals surface area contributed by atoms with Crippen LogP contribution in [0.5, 0.6) is 0 Å². The minimum absolute atomic E-state index is 0.237. The van der Waals surface area contributed by atoms with Gasteiger partial charge in [0, 0.05) is 33.1 Å². The molecule has 5 heteroatoms.